The molecule has 1 nitrogen and oxygen atoms in total. The second-order valence-corrected chi connectivity index (χ2v) is 5.01. The first kappa shape index (κ1) is 18.3. The number of benzene rings is 1. The third-order valence-electron chi connectivity index (χ3n) is 2.72. The van der Waals surface area contributed by atoms with Gasteiger partial charge in [-0.25, -0.2) is 17.6 Å². The SMILES string of the molecule is C=C(CC(F)(F)CC(F)(F)CC(F)(F)F)c1ccc(O)cc1. The maximum absolute atomic E-state index is 13.6. The summed E-state index contributed by atoms with van der Waals surface area (Å²) in [6.45, 7) is 3.32. The molecule has 0 saturated carbocycles. The molecule has 0 fully saturated rings. The van der Waals surface area contributed by atoms with E-state index in [1.165, 1.54) is 24.3 Å². The highest BCUT2D eigenvalue weighted by Gasteiger charge is 2.49. The maximum Gasteiger partial charge on any atom is 0.394 e. The zero-order valence-electron chi connectivity index (χ0n) is 11.2. The van der Waals surface area contributed by atoms with Crippen LogP contribution in [0.15, 0.2) is 30.8 Å². The molecule has 8 heteroatoms. The molecule has 0 amide bonds. The Bertz CT molecular complexity index is 517. The number of hydrogen-bond donors (Lipinski definition) is 1. The summed E-state index contributed by atoms with van der Waals surface area (Å²) in [4.78, 5) is 0. The maximum atomic E-state index is 13.6. The second-order valence-electron chi connectivity index (χ2n) is 5.01. The summed E-state index contributed by atoms with van der Waals surface area (Å²) in [6.07, 6.45) is -11.2. The van der Waals surface area contributed by atoms with Gasteiger partial charge in [0.15, 0.2) is 0 Å². The van der Waals surface area contributed by atoms with Crippen molar-refractivity contribution in [3.05, 3.63) is 36.4 Å². The van der Waals surface area contributed by atoms with Gasteiger partial charge in [0, 0.05) is 6.42 Å². The van der Waals surface area contributed by atoms with E-state index in [2.05, 4.69) is 6.58 Å². The molecule has 0 bridgehead atoms. The van der Waals surface area contributed by atoms with Crippen LogP contribution in [0.25, 0.3) is 5.57 Å². The molecule has 0 aliphatic rings. The smallest absolute Gasteiger partial charge is 0.394 e. The third-order valence-corrected chi connectivity index (χ3v) is 2.72. The lowest BCUT2D eigenvalue weighted by Crippen LogP contribution is -2.33. The van der Waals surface area contributed by atoms with Crippen molar-refractivity contribution in [1.29, 1.82) is 0 Å². The van der Waals surface area contributed by atoms with E-state index in [1.807, 2.05) is 0 Å². The van der Waals surface area contributed by atoms with Gasteiger partial charge in [0.25, 0.3) is 11.8 Å². The molecule has 1 rings (SSSR count). The van der Waals surface area contributed by atoms with Crippen molar-refractivity contribution in [1.82, 2.24) is 0 Å². The number of phenols is 1. The van der Waals surface area contributed by atoms with Crippen LogP contribution in [0.3, 0.4) is 0 Å². The lowest BCUT2D eigenvalue weighted by Gasteiger charge is -2.24. The van der Waals surface area contributed by atoms with Crippen LogP contribution in [0.1, 0.15) is 24.8 Å². The molecule has 0 heterocycles. The molecule has 0 saturated heterocycles. The minimum absolute atomic E-state index is 0.125. The first-order valence-corrected chi connectivity index (χ1v) is 6.09. The molecule has 0 aromatic heterocycles. The Morgan fingerprint density at radius 3 is 1.82 bits per heavy atom. The summed E-state index contributed by atoms with van der Waals surface area (Å²) in [5.74, 6) is -8.72. The lowest BCUT2D eigenvalue weighted by molar-refractivity contribution is -0.205. The van der Waals surface area contributed by atoms with Crippen LogP contribution < -0.4 is 0 Å². The zero-order valence-corrected chi connectivity index (χ0v) is 11.2. The van der Waals surface area contributed by atoms with Crippen molar-refractivity contribution in [2.75, 3.05) is 0 Å². The van der Waals surface area contributed by atoms with Crippen LogP contribution in [-0.4, -0.2) is 23.1 Å². The molecule has 0 spiro atoms. The minimum atomic E-state index is -5.23. The van der Waals surface area contributed by atoms with Crippen molar-refractivity contribution in [2.45, 2.75) is 37.3 Å². The quantitative estimate of drug-likeness (QED) is 0.692. The van der Waals surface area contributed by atoms with Crippen molar-refractivity contribution in [3.63, 3.8) is 0 Å². The number of rotatable bonds is 6. The fourth-order valence-electron chi connectivity index (χ4n) is 1.91. The largest absolute Gasteiger partial charge is 0.508 e. The van der Waals surface area contributed by atoms with Crippen molar-refractivity contribution in [2.24, 2.45) is 0 Å². The third kappa shape index (κ3) is 6.36. The van der Waals surface area contributed by atoms with Crippen LogP contribution in [0.4, 0.5) is 30.7 Å². The summed E-state index contributed by atoms with van der Waals surface area (Å²) in [7, 11) is 0. The minimum Gasteiger partial charge on any atom is -0.508 e. The number of aromatic hydroxyl groups is 1. The number of allylic oxidation sites excluding steroid dienone is 1. The standard InChI is InChI=1S/C14H13F7O/c1-9(10-2-4-11(22)5-3-10)6-12(15,16)7-13(17,18)8-14(19,20)21/h2-5,22H,1,6-8H2. The van der Waals surface area contributed by atoms with E-state index < -0.39 is 37.3 Å². The van der Waals surface area contributed by atoms with Gasteiger partial charge in [-0.3, -0.25) is 0 Å². The molecule has 1 N–H and O–H groups in total. The highest BCUT2D eigenvalue weighted by atomic mass is 19.4. The molecule has 0 radical (unpaired) electrons. The fourth-order valence-corrected chi connectivity index (χ4v) is 1.91. The van der Waals surface area contributed by atoms with Gasteiger partial charge in [-0.05, 0) is 23.3 Å². The van der Waals surface area contributed by atoms with Gasteiger partial charge < -0.3 is 5.11 Å². The molecule has 1 aromatic carbocycles. The Morgan fingerprint density at radius 2 is 1.36 bits per heavy atom. The number of alkyl halides is 7. The summed E-state index contributed by atoms with van der Waals surface area (Å²) >= 11 is 0. The molecular weight excluding hydrogens is 317 g/mol. The Labute approximate surface area is 122 Å². The molecule has 1 aromatic rings. The second kappa shape index (κ2) is 6.18. The average molecular weight is 330 g/mol. The summed E-state index contributed by atoms with van der Waals surface area (Å²) in [5.41, 5.74) is -0.0376. The van der Waals surface area contributed by atoms with Crippen LogP contribution in [0.2, 0.25) is 0 Å². The normalized spacial score (nSPS) is 13.2. The monoisotopic (exact) mass is 330 g/mol. The van der Waals surface area contributed by atoms with Gasteiger partial charge in [-0.1, -0.05) is 18.7 Å². The van der Waals surface area contributed by atoms with E-state index in [4.69, 9.17) is 5.11 Å². The Kier molecular flexibility index (Phi) is 5.14. The number of phenolic OH excluding ortho intramolecular Hbond substituents is 1. The Morgan fingerprint density at radius 1 is 0.864 bits per heavy atom. The van der Waals surface area contributed by atoms with Crippen molar-refractivity contribution >= 4 is 5.57 Å². The highest BCUT2D eigenvalue weighted by Crippen LogP contribution is 2.42. The summed E-state index contributed by atoms with van der Waals surface area (Å²) in [5, 5.41) is 9.05. The Balaban J connectivity index is 2.74. The zero-order chi connectivity index (χ0) is 17.2. The van der Waals surface area contributed by atoms with E-state index in [1.54, 1.807) is 0 Å². The van der Waals surface area contributed by atoms with Gasteiger partial charge in [0.05, 0.1) is 6.42 Å². The van der Waals surface area contributed by atoms with E-state index in [-0.39, 0.29) is 16.9 Å². The molecule has 0 atom stereocenters. The first-order chi connectivity index (χ1) is 9.80. The molecule has 0 aliphatic heterocycles. The van der Waals surface area contributed by atoms with Gasteiger partial charge in [0.2, 0.25) is 0 Å². The fraction of sp³-hybridized carbons (Fsp3) is 0.429. The van der Waals surface area contributed by atoms with E-state index >= 15 is 0 Å². The molecule has 124 valence electrons. The molecular formula is C14H13F7O. The summed E-state index contributed by atoms with van der Waals surface area (Å²) < 4.78 is 89.0. The van der Waals surface area contributed by atoms with Crippen LogP contribution in [0.5, 0.6) is 5.75 Å². The van der Waals surface area contributed by atoms with Gasteiger partial charge in [-0.15, -0.1) is 0 Å². The topological polar surface area (TPSA) is 20.2 Å². The van der Waals surface area contributed by atoms with Crippen molar-refractivity contribution in [3.8, 4) is 5.75 Å². The predicted octanol–water partition coefficient (Wildman–Crippen LogP) is 5.41. The lowest BCUT2D eigenvalue weighted by atomic mass is 9.96. The van der Waals surface area contributed by atoms with Gasteiger partial charge in [-0.2, -0.15) is 13.2 Å². The van der Waals surface area contributed by atoms with Crippen molar-refractivity contribution < 1.29 is 35.8 Å². The van der Waals surface area contributed by atoms with Gasteiger partial charge >= 0.3 is 6.18 Å². The van der Waals surface area contributed by atoms with E-state index in [0.717, 1.165) is 0 Å². The summed E-state index contributed by atoms with van der Waals surface area (Å²) in [6, 6.07) is 4.89. The highest BCUT2D eigenvalue weighted by molar-refractivity contribution is 5.64. The van der Waals surface area contributed by atoms with Crippen LogP contribution >= 0.6 is 0 Å². The first-order valence-electron chi connectivity index (χ1n) is 6.09. The van der Waals surface area contributed by atoms with E-state index in [0.29, 0.717) is 0 Å². The van der Waals surface area contributed by atoms with E-state index in [9.17, 15) is 30.7 Å². The Hall–Kier alpha value is -1.73. The molecule has 22 heavy (non-hydrogen) atoms. The van der Waals surface area contributed by atoms with Gasteiger partial charge in [0.1, 0.15) is 12.2 Å². The molecule has 0 aliphatic carbocycles. The average Bonchev–Trinajstić information content (AvgIpc) is 2.23. The van der Waals surface area contributed by atoms with Crippen LogP contribution in [0, 0.1) is 0 Å². The predicted molar refractivity (Wildman–Crippen MR) is 66.9 cm³/mol. The van der Waals surface area contributed by atoms with Crippen LogP contribution in [-0.2, 0) is 0 Å². The molecule has 0 unspecified atom stereocenters. The number of hydrogen-bond acceptors (Lipinski definition) is 1. The number of halogens is 7.